The smallest absolute Gasteiger partial charge is 0.326 e. The molecule has 1 fully saturated rings. The fourth-order valence-corrected chi connectivity index (χ4v) is 2.46. The van der Waals surface area contributed by atoms with E-state index < -0.39 is 5.97 Å². The Labute approximate surface area is 107 Å². The monoisotopic (exact) mass is 252 g/mol. The number of hydrogen-bond acceptors (Lipinski definition) is 2. The van der Waals surface area contributed by atoms with Crippen LogP contribution in [-0.2, 0) is 4.79 Å². The van der Waals surface area contributed by atoms with Crippen molar-refractivity contribution >= 4 is 17.6 Å². The molecule has 1 aliphatic rings. The van der Waals surface area contributed by atoms with Crippen LogP contribution in [0.4, 0.5) is 0 Å². The Morgan fingerprint density at radius 1 is 1.18 bits per heavy atom. The van der Waals surface area contributed by atoms with E-state index in [4.69, 9.17) is 16.3 Å². The molecule has 0 unspecified atom stereocenters. The molecule has 1 saturated carbocycles. The summed E-state index contributed by atoms with van der Waals surface area (Å²) in [6.07, 6.45) is 6.57. The third kappa shape index (κ3) is 3.47. The number of carbonyl (C=O) groups is 1. The van der Waals surface area contributed by atoms with E-state index in [1.165, 1.54) is 37.7 Å². The zero-order valence-corrected chi connectivity index (χ0v) is 10.6. The van der Waals surface area contributed by atoms with Crippen LogP contribution in [0.5, 0.6) is 5.75 Å². The van der Waals surface area contributed by atoms with Crippen molar-refractivity contribution in [3.8, 4) is 5.75 Å². The van der Waals surface area contributed by atoms with Crippen LogP contribution in [0.15, 0.2) is 24.3 Å². The first-order valence-corrected chi connectivity index (χ1v) is 6.69. The van der Waals surface area contributed by atoms with Crippen molar-refractivity contribution in [2.75, 3.05) is 5.88 Å². The minimum atomic E-state index is -0.405. The van der Waals surface area contributed by atoms with Crippen LogP contribution in [0.2, 0.25) is 0 Å². The molecule has 0 aliphatic heterocycles. The maximum Gasteiger partial charge on any atom is 0.326 e. The number of carbonyl (C=O) groups excluding carboxylic acids is 1. The summed E-state index contributed by atoms with van der Waals surface area (Å²) in [6.45, 7) is 0. The molecular formula is C14H17ClO2. The van der Waals surface area contributed by atoms with E-state index in [0.717, 1.165) is 0 Å². The predicted molar refractivity (Wildman–Crippen MR) is 68.6 cm³/mol. The topological polar surface area (TPSA) is 26.3 Å². The second-order valence-corrected chi connectivity index (χ2v) is 4.78. The van der Waals surface area contributed by atoms with Gasteiger partial charge in [0.1, 0.15) is 11.6 Å². The molecular weight excluding hydrogens is 236 g/mol. The van der Waals surface area contributed by atoms with Crippen molar-refractivity contribution in [3.05, 3.63) is 29.8 Å². The lowest BCUT2D eigenvalue weighted by atomic mass is 9.84. The van der Waals surface area contributed by atoms with Gasteiger partial charge in [-0.1, -0.05) is 31.4 Å². The Morgan fingerprint density at radius 2 is 1.82 bits per heavy atom. The Hall–Kier alpha value is -1.02. The number of benzene rings is 1. The van der Waals surface area contributed by atoms with Crippen LogP contribution in [0.25, 0.3) is 0 Å². The Kier molecular flexibility index (Phi) is 4.43. The average molecular weight is 253 g/mol. The molecule has 0 atom stereocenters. The zero-order valence-electron chi connectivity index (χ0n) is 9.82. The summed E-state index contributed by atoms with van der Waals surface area (Å²) < 4.78 is 5.03. The highest BCUT2D eigenvalue weighted by atomic mass is 35.5. The lowest BCUT2D eigenvalue weighted by Crippen LogP contribution is -2.09. The molecule has 1 aliphatic carbocycles. The van der Waals surface area contributed by atoms with E-state index in [2.05, 4.69) is 12.1 Å². The first-order chi connectivity index (χ1) is 8.29. The van der Waals surface area contributed by atoms with E-state index in [9.17, 15) is 4.79 Å². The minimum Gasteiger partial charge on any atom is -0.426 e. The summed E-state index contributed by atoms with van der Waals surface area (Å²) in [6, 6.07) is 7.84. The third-order valence-corrected chi connectivity index (χ3v) is 3.52. The molecule has 0 bridgehead atoms. The quantitative estimate of drug-likeness (QED) is 0.464. The first-order valence-electron chi connectivity index (χ1n) is 6.16. The highest BCUT2D eigenvalue weighted by Gasteiger charge is 2.15. The average Bonchev–Trinajstić information content (AvgIpc) is 2.40. The zero-order chi connectivity index (χ0) is 12.1. The maximum absolute atomic E-state index is 11.0. The van der Waals surface area contributed by atoms with Gasteiger partial charge in [-0.3, -0.25) is 4.79 Å². The predicted octanol–water partition coefficient (Wildman–Crippen LogP) is 3.88. The van der Waals surface area contributed by atoms with Crippen molar-refractivity contribution in [1.29, 1.82) is 0 Å². The number of esters is 1. The molecule has 0 radical (unpaired) electrons. The second kappa shape index (κ2) is 6.06. The number of halogens is 1. The summed E-state index contributed by atoms with van der Waals surface area (Å²) in [7, 11) is 0. The van der Waals surface area contributed by atoms with Crippen LogP contribution in [0.1, 0.15) is 43.6 Å². The summed E-state index contributed by atoms with van der Waals surface area (Å²) >= 11 is 5.38. The van der Waals surface area contributed by atoms with Crippen LogP contribution in [-0.4, -0.2) is 11.8 Å². The van der Waals surface area contributed by atoms with Gasteiger partial charge in [-0.2, -0.15) is 0 Å². The molecule has 17 heavy (non-hydrogen) atoms. The van der Waals surface area contributed by atoms with Gasteiger partial charge < -0.3 is 4.74 Å². The van der Waals surface area contributed by atoms with E-state index in [0.29, 0.717) is 11.7 Å². The van der Waals surface area contributed by atoms with Gasteiger partial charge in [-0.15, -0.1) is 11.6 Å². The Balaban J connectivity index is 1.99. The maximum atomic E-state index is 11.0. The van der Waals surface area contributed by atoms with Crippen molar-refractivity contribution in [3.63, 3.8) is 0 Å². The van der Waals surface area contributed by atoms with Gasteiger partial charge in [0.25, 0.3) is 0 Å². The van der Waals surface area contributed by atoms with Crippen molar-refractivity contribution in [2.45, 2.75) is 38.0 Å². The van der Waals surface area contributed by atoms with Gasteiger partial charge >= 0.3 is 5.97 Å². The molecule has 0 amide bonds. The summed E-state index contributed by atoms with van der Waals surface area (Å²) in [5, 5.41) is 0. The van der Waals surface area contributed by atoms with Gasteiger partial charge in [-0.05, 0) is 36.5 Å². The molecule has 1 aromatic rings. The molecule has 1 aromatic carbocycles. The van der Waals surface area contributed by atoms with E-state index in [1.807, 2.05) is 12.1 Å². The standard InChI is InChI=1S/C14H17ClO2/c15-10-14(16)17-13-8-6-12(7-9-13)11-4-2-1-3-5-11/h6-9,11H,1-5,10H2. The second-order valence-electron chi connectivity index (χ2n) is 4.51. The van der Waals surface area contributed by atoms with Crippen molar-refractivity contribution in [1.82, 2.24) is 0 Å². The summed E-state index contributed by atoms with van der Waals surface area (Å²) in [5.41, 5.74) is 1.36. The van der Waals surface area contributed by atoms with Gasteiger partial charge in [-0.25, -0.2) is 0 Å². The summed E-state index contributed by atoms with van der Waals surface area (Å²) in [4.78, 5) is 11.0. The molecule has 0 aromatic heterocycles. The molecule has 3 heteroatoms. The molecule has 2 rings (SSSR count). The van der Waals surface area contributed by atoms with Crippen LogP contribution >= 0.6 is 11.6 Å². The van der Waals surface area contributed by atoms with Gasteiger partial charge in [0.05, 0.1) is 0 Å². The Morgan fingerprint density at radius 3 is 2.41 bits per heavy atom. The lowest BCUT2D eigenvalue weighted by Gasteiger charge is -2.21. The van der Waals surface area contributed by atoms with E-state index >= 15 is 0 Å². The number of hydrogen-bond donors (Lipinski definition) is 0. The number of rotatable bonds is 3. The van der Waals surface area contributed by atoms with Gasteiger partial charge in [0.15, 0.2) is 0 Å². The fraction of sp³-hybridized carbons (Fsp3) is 0.500. The molecule has 92 valence electrons. The van der Waals surface area contributed by atoms with Gasteiger partial charge in [0, 0.05) is 0 Å². The highest BCUT2D eigenvalue weighted by molar-refractivity contribution is 6.26. The SMILES string of the molecule is O=C(CCl)Oc1ccc(C2CCCCC2)cc1. The number of ether oxygens (including phenoxy) is 1. The molecule has 2 nitrogen and oxygen atoms in total. The molecule has 0 saturated heterocycles. The van der Waals surface area contributed by atoms with E-state index in [-0.39, 0.29) is 5.88 Å². The van der Waals surface area contributed by atoms with Crippen LogP contribution in [0.3, 0.4) is 0 Å². The minimum absolute atomic E-state index is 0.107. The Bertz CT molecular complexity index is 366. The van der Waals surface area contributed by atoms with E-state index in [1.54, 1.807) is 0 Å². The van der Waals surface area contributed by atoms with Crippen molar-refractivity contribution in [2.24, 2.45) is 0 Å². The third-order valence-electron chi connectivity index (χ3n) is 3.30. The molecule has 0 heterocycles. The van der Waals surface area contributed by atoms with Crippen LogP contribution in [0, 0.1) is 0 Å². The first kappa shape index (κ1) is 12.4. The lowest BCUT2D eigenvalue weighted by molar-refractivity contribution is -0.131. The molecule has 0 N–H and O–H groups in total. The summed E-state index contributed by atoms with van der Waals surface area (Å²) in [5.74, 6) is 0.749. The van der Waals surface area contributed by atoms with Crippen LogP contribution < -0.4 is 4.74 Å². The molecule has 0 spiro atoms. The normalized spacial score (nSPS) is 16.8. The fourth-order valence-electron chi connectivity index (χ4n) is 2.40. The van der Waals surface area contributed by atoms with Gasteiger partial charge in [0.2, 0.25) is 0 Å². The highest BCUT2D eigenvalue weighted by Crippen LogP contribution is 2.33. The van der Waals surface area contributed by atoms with Crippen molar-refractivity contribution < 1.29 is 9.53 Å². The largest absolute Gasteiger partial charge is 0.426 e. The number of alkyl halides is 1.